The van der Waals surface area contributed by atoms with Gasteiger partial charge < -0.3 is 25.8 Å². The molecule has 22 heavy (non-hydrogen) atoms. The Morgan fingerprint density at radius 1 is 1.27 bits per heavy atom. The SMILES string of the molecule is NCCSCCN=C(Nc1ccc2c(c1)OCO2)NC1CC1. The van der Waals surface area contributed by atoms with Crippen LogP contribution in [0.3, 0.4) is 0 Å². The first-order valence-electron chi connectivity index (χ1n) is 7.60. The van der Waals surface area contributed by atoms with Crippen LogP contribution in [0.15, 0.2) is 23.2 Å². The van der Waals surface area contributed by atoms with Crippen molar-refractivity contribution in [1.82, 2.24) is 5.32 Å². The van der Waals surface area contributed by atoms with Crippen molar-refractivity contribution in [1.29, 1.82) is 0 Å². The van der Waals surface area contributed by atoms with Crippen LogP contribution < -0.4 is 25.8 Å². The van der Waals surface area contributed by atoms with Gasteiger partial charge in [-0.15, -0.1) is 0 Å². The van der Waals surface area contributed by atoms with Gasteiger partial charge in [0.1, 0.15) is 0 Å². The van der Waals surface area contributed by atoms with Crippen LogP contribution in [0.4, 0.5) is 5.69 Å². The molecule has 0 radical (unpaired) electrons. The quantitative estimate of drug-likeness (QED) is 0.402. The smallest absolute Gasteiger partial charge is 0.231 e. The molecule has 2 aliphatic rings. The molecular weight excluding hydrogens is 300 g/mol. The topological polar surface area (TPSA) is 80.9 Å². The number of hydrogen-bond donors (Lipinski definition) is 3. The summed E-state index contributed by atoms with van der Waals surface area (Å²) in [7, 11) is 0. The minimum absolute atomic E-state index is 0.290. The number of thioether (sulfide) groups is 1. The number of anilines is 1. The lowest BCUT2D eigenvalue weighted by Gasteiger charge is -2.12. The van der Waals surface area contributed by atoms with E-state index in [0.29, 0.717) is 12.8 Å². The number of nitrogens with two attached hydrogens (primary N) is 1. The number of fused-ring (bicyclic) bond motifs is 1. The van der Waals surface area contributed by atoms with Crippen LogP contribution in [0.1, 0.15) is 12.8 Å². The van der Waals surface area contributed by atoms with Gasteiger partial charge in [0, 0.05) is 35.8 Å². The molecule has 0 aromatic heterocycles. The van der Waals surface area contributed by atoms with Gasteiger partial charge in [-0.3, -0.25) is 4.99 Å². The third-order valence-electron chi connectivity index (χ3n) is 3.32. The second kappa shape index (κ2) is 7.60. The molecule has 0 unspecified atom stereocenters. The van der Waals surface area contributed by atoms with Gasteiger partial charge in [0.05, 0.1) is 6.54 Å². The Kier molecular flexibility index (Phi) is 5.29. The fourth-order valence-electron chi connectivity index (χ4n) is 2.06. The van der Waals surface area contributed by atoms with Gasteiger partial charge >= 0.3 is 0 Å². The Bertz CT molecular complexity index is 534. The highest BCUT2D eigenvalue weighted by Crippen LogP contribution is 2.34. The van der Waals surface area contributed by atoms with E-state index >= 15 is 0 Å². The van der Waals surface area contributed by atoms with Crippen molar-refractivity contribution in [3.8, 4) is 11.5 Å². The predicted octanol–water partition coefficient (Wildman–Crippen LogP) is 1.63. The first kappa shape index (κ1) is 15.3. The zero-order valence-corrected chi connectivity index (χ0v) is 13.3. The average molecular weight is 322 g/mol. The molecule has 7 heteroatoms. The van der Waals surface area contributed by atoms with Gasteiger partial charge in [0.25, 0.3) is 0 Å². The van der Waals surface area contributed by atoms with E-state index in [1.807, 2.05) is 30.0 Å². The molecule has 0 atom stereocenters. The monoisotopic (exact) mass is 322 g/mol. The van der Waals surface area contributed by atoms with E-state index in [4.69, 9.17) is 15.2 Å². The van der Waals surface area contributed by atoms with E-state index in [-0.39, 0.29) is 0 Å². The lowest BCUT2D eigenvalue weighted by atomic mass is 10.3. The van der Waals surface area contributed by atoms with E-state index in [1.54, 1.807) is 0 Å². The molecular formula is C15H22N4O2S. The zero-order chi connectivity index (χ0) is 15.2. The first-order valence-corrected chi connectivity index (χ1v) is 8.76. The maximum absolute atomic E-state index is 5.49. The fourth-order valence-corrected chi connectivity index (χ4v) is 2.65. The van der Waals surface area contributed by atoms with E-state index < -0.39 is 0 Å². The molecule has 1 aliphatic heterocycles. The van der Waals surface area contributed by atoms with E-state index in [9.17, 15) is 0 Å². The maximum Gasteiger partial charge on any atom is 0.231 e. The summed E-state index contributed by atoms with van der Waals surface area (Å²) < 4.78 is 10.7. The van der Waals surface area contributed by atoms with E-state index in [2.05, 4.69) is 15.6 Å². The molecule has 0 bridgehead atoms. The number of aliphatic imine (C=N–C) groups is 1. The van der Waals surface area contributed by atoms with Gasteiger partial charge in [-0.2, -0.15) is 11.8 Å². The van der Waals surface area contributed by atoms with Gasteiger partial charge in [-0.05, 0) is 25.0 Å². The minimum Gasteiger partial charge on any atom is -0.454 e. The van der Waals surface area contributed by atoms with E-state index in [1.165, 1.54) is 12.8 Å². The highest BCUT2D eigenvalue weighted by atomic mass is 32.2. The van der Waals surface area contributed by atoms with Crippen molar-refractivity contribution >= 4 is 23.4 Å². The number of guanidine groups is 1. The van der Waals surface area contributed by atoms with Crippen molar-refractivity contribution in [2.45, 2.75) is 18.9 Å². The van der Waals surface area contributed by atoms with Crippen LogP contribution in [0.2, 0.25) is 0 Å². The summed E-state index contributed by atoms with van der Waals surface area (Å²) in [6, 6.07) is 6.38. The molecule has 0 saturated heterocycles. The van der Waals surface area contributed by atoms with Crippen LogP contribution in [-0.4, -0.2) is 43.4 Å². The lowest BCUT2D eigenvalue weighted by molar-refractivity contribution is 0.174. The molecule has 1 aromatic carbocycles. The second-order valence-electron chi connectivity index (χ2n) is 5.24. The maximum atomic E-state index is 5.49. The minimum atomic E-state index is 0.290. The summed E-state index contributed by atoms with van der Waals surface area (Å²) in [5, 5.41) is 6.77. The predicted molar refractivity (Wildman–Crippen MR) is 91.0 cm³/mol. The molecule has 6 nitrogen and oxygen atoms in total. The summed E-state index contributed by atoms with van der Waals surface area (Å²) >= 11 is 1.83. The molecule has 1 aromatic rings. The number of ether oxygens (including phenoxy) is 2. The number of nitrogens with one attached hydrogen (secondary N) is 2. The molecule has 1 saturated carbocycles. The van der Waals surface area contributed by atoms with Crippen LogP contribution in [0.5, 0.6) is 11.5 Å². The van der Waals surface area contributed by atoms with Crippen LogP contribution in [0, 0.1) is 0 Å². The van der Waals surface area contributed by atoms with Crippen molar-refractivity contribution in [3.05, 3.63) is 18.2 Å². The van der Waals surface area contributed by atoms with Crippen molar-refractivity contribution in [3.63, 3.8) is 0 Å². The Labute approximate surface area is 134 Å². The normalized spacial score (nSPS) is 16.7. The fraction of sp³-hybridized carbons (Fsp3) is 0.533. The summed E-state index contributed by atoms with van der Waals surface area (Å²) in [5.74, 6) is 4.35. The van der Waals surface area contributed by atoms with Crippen molar-refractivity contribution < 1.29 is 9.47 Å². The molecule has 120 valence electrons. The van der Waals surface area contributed by atoms with Crippen molar-refractivity contribution in [2.75, 3.05) is 36.7 Å². The molecule has 4 N–H and O–H groups in total. The van der Waals surface area contributed by atoms with E-state index in [0.717, 1.165) is 47.7 Å². The molecule has 0 spiro atoms. The first-order chi connectivity index (χ1) is 10.8. The third-order valence-corrected chi connectivity index (χ3v) is 4.32. The number of benzene rings is 1. The molecule has 1 aliphatic carbocycles. The van der Waals surface area contributed by atoms with Gasteiger partial charge in [-0.1, -0.05) is 0 Å². The number of hydrogen-bond acceptors (Lipinski definition) is 5. The van der Waals surface area contributed by atoms with Gasteiger partial charge in [-0.25, -0.2) is 0 Å². The molecule has 0 amide bonds. The zero-order valence-electron chi connectivity index (χ0n) is 12.5. The lowest BCUT2D eigenvalue weighted by Crippen LogP contribution is -2.32. The highest BCUT2D eigenvalue weighted by molar-refractivity contribution is 7.99. The molecule has 1 fully saturated rings. The average Bonchev–Trinajstić information content (AvgIpc) is 3.21. The van der Waals surface area contributed by atoms with Crippen LogP contribution >= 0.6 is 11.8 Å². The standard InChI is InChI=1S/C15H22N4O2S/c16-5-7-22-8-6-17-15(18-11-1-2-11)19-12-3-4-13-14(9-12)21-10-20-13/h3-4,9,11H,1-2,5-8,10,16H2,(H2,17,18,19). The summed E-state index contributed by atoms with van der Waals surface area (Å²) in [6.07, 6.45) is 2.42. The Morgan fingerprint density at radius 2 is 2.14 bits per heavy atom. The Morgan fingerprint density at radius 3 is 2.95 bits per heavy atom. The number of nitrogens with zero attached hydrogens (tertiary/aromatic N) is 1. The van der Waals surface area contributed by atoms with Crippen molar-refractivity contribution in [2.24, 2.45) is 10.7 Å². The Balaban J connectivity index is 1.58. The molecule has 1 heterocycles. The summed E-state index contributed by atoms with van der Waals surface area (Å²) in [6.45, 7) is 1.78. The highest BCUT2D eigenvalue weighted by Gasteiger charge is 2.22. The summed E-state index contributed by atoms with van der Waals surface area (Å²) in [5.41, 5.74) is 6.44. The number of rotatable bonds is 7. The summed E-state index contributed by atoms with van der Waals surface area (Å²) in [4.78, 5) is 4.63. The van der Waals surface area contributed by atoms with Gasteiger partial charge in [0.15, 0.2) is 17.5 Å². The third kappa shape index (κ3) is 4.45. The largest absolute Gasteiger partial charge is 0.454 e. The molecule has 3 rings (SSSR count). The van der Waals surface area contributed by atoms with Crippen LogP contribution in [0.25, 0.3) is 0 Å². The van der Waals surface area contributed by atoms with Gasteiger partial charge in [0.2, 0.25) is 6.79 Å². The second-order valence-corrected chi connectivity index (χ2v) is 6.47. The Hall–Kier alpha value is -1.60. The van der Waals surface area contributed by atoms with Crippen LogP contribution in [-0.2, 0) is 0 Å².